The number of benzene rings is 1. The summed E-state index contributed by atoms with van der Waals surface area (Å²) < 4.78 is 0. The zero-order chi connectivity index (χ0) is 17.1. The molecule has 126 valence electrons. The molecule has 5 heteroatoms. The lowest BCUT2D eigenvalue weighted by atomic mass is 9.98. The maximum absolute atomic E-state index is 12.6. The summed E-state index contributed by atoms with van der Waals surface area (Å²) in [5.74, 6) is -0.219. The van der Waals surface area contributed by atoms with E-state index < -0.39 is 0 Å². The van der Waals surface area contributed by atoms with Crippen molar-refractivity contribution in [1.82, 2.24) is 10.2 Å². The second-order valence-corrected chi connectivity index (χ2v) is 7.11. The standard InChI is InChI=1S/C19H22N2O2S/c1-3-16-15-9-11-24-17(15)8-10-21(16)18(22)12-20-19(23)14-6-4-13(2)5-7-14/h4-7,9,11,16H,3,8,10,12H2,1-2H3,(H,20,23)/t16-/m1/s1. The van der Waals surface area contributed by atoms with E-state index in [4.69, 9.17) is 0 Å². The normalized spacial score (nSPS) is 16.6. The minimum Gasteiger partial charge on any atom is -0.343 e. The first-order valence-corrected chi connectivity index (χ1v) is 9.18. The summed E-state index contributed by atoms with van der Waals surface area (Å²) >= 11 is 1.77. The van der Waals surface area contributed by atoms with Crippen molar-refractivity contribution in [1.29, 1.82) is 0 Å². The number of fused-ring (bicyclic) bond motifs is 1. The van der Waals surface area contributed by atoms with Crippen LogP contribution in [0, 0.1) is 6.92 Å². The molecule has 1 aliphatic heterocycles. The first kappa shape index (κ1) is 16.7. The van der Waals surface area contributed by atoms with E-state index in [0.29, 0.717) is 5.56 Å². The van der Waals surface area contributed by atoms with Gasteiger partial charge in [0.1, 0.15) is 0 Å². The number of aryl methyl sites for hydroxylation is 1. The van der Waals surface area contributed by atoms with Crippen molar-refractivity contribution in [3.8, 4) is 0 Å². The maximum Gasteiger partial charge on any atom is 0.251 e. The summed E-state index contributed by atoms with van der Waals surface area (Å²) in [7, 11) is 0. The van der Waals surface area contributed by atoms with Gasteiger partial charge in [0.25, 0.3) is 5.91 Å². The third-order valence-corrected chi connectivity index (χ3v) is 5.51. The third kappa shape index (κ3) is 3.36. The van der Waals surface area contributed by atoms with Gasteiger partial charge in [0.15, 0.2) is 0 Å². The second-order valence-electron chi connectivity index (χ2n) is 6.11. The van der Waals surface area contributed by atoms with Crippen molar-refractivity contribution in [3.63, 3.8) is 0 Å². The van der Waals surface area contributed by atoms with Gasteiger partial charge >= 0.3 is 0 Å². The van der Waals surface area contributed by atoms with Crippen LogP contribution in [-0.4, -0.2) is 29.8 Å². The van der Waals surface area contributed by atoms with Crippen LogP contribution in [0.25, 0.3) is 0 Å². The first-order chi connectivity index (χ1) is 11.6. The van der Waals surface area contributed by atoms with Crippen LogP contribution < -0.4 is 5.32 Å². The smallest absolute Gasteiger partial charge is 0.251 e. The minimum atomic E-state index is -0.204. The van der Waals surface area contributed by atoms with Gasteiger partial charge in [-0.1, -0.05) is 24.6 Å². The van der Waals surface area contributed by atoms with Crippen LogP contribution in [0.2, 0.25) is 0 Å². The number of hydrogen-bond donors (Lipinski definition) is 1. The van der Waals surface area contributed by atoms with Gasteiger partial charge in [-0.3, -0.25) is 9.59 Å². The molecule has 0 saturated carbocycles. The predicted molar refractivity (Wildman–Crippen MR) is 96.3 cm³/mol. The van der Waals surface area contributed by atoms with Crippen LogP contribution in [0.3, 0.4) is 0 Å². The Bertz CT molecular complexity index is 736. The number of amides is 2. The Labute approximate surface area is 146 Å². The Kier molecular flexibility index (Phi) is 5.00. The van der Waals surface area contributed by atoms with E-state index in [1.807, 2.05) is 24.0 Å². The fourth-order valence-electron chi connectivity index (χ4n) is 3.20. The van der Waals surface area contributed by atoms with E-state index in [-0.39, 0.29) is 24.4 Å². The van der Waals surface area contributed by atoms with Gasteiger partial charge in [0.2, 0.25) is 5.91 Å². The number of thiophene rings is 1. The molecule has 0 spiro atoms. The topological polar surface area (TPSA) is 49.4 Å². The van der Waals surface area contributed by atoms with Crippen molar-refractivity contribution in [2.24, 2.45) is 0 Å². The Morgan fingerprint density at radius 3 is 2.71 bits per heavy atom. The molecular weight excluding hydrogens is 320 g/mol. The molecule has 0 bridgehead atoms. The minimum absolute atomic E-state index is 0.0147. The lowest BCUT2D eigenvalue weighted by molar-refractivity contribution is -0.133. The predicted octanol–water partition coefficient (Wildman–Crippen LogP) is 3.32. The fourth-order valence-corrected chi connectivity index (χ4v) is 4.13. The Balaban J connectivity index is 1.63. The highest BCUT2D eigenvalue weighted by atomic mass is 32.1. The van der Waals surface area contributed by atoms with Crippen LogP contribution in [-0.2, 0) is 11.2 Å². The van der Waals surface area contributed by atoms with Gasteiger partial charge < -0.3 is 10.2 Å². The van der Waals surface area contributed by atoms with E-state index in [1.54, 1.807) is 23.5 Å². The van der Waals surface area contributed by atoms with Crippen LogP contribution in [0.15, 0.2) is 35.7 Å². The van der Waals surface area contributed by atoms with Gasteiger partial charge in [-0.25, -0.2) is 0 Å². The molecular formula is C19H22N2O2S. The van der Waals surface area contributed by atoms with Crippen molar-refractivity contribution >= 4 is 23.2 Å². The fraction of sp³-hybridized carbons (Fsp3) is 0.368. The van der Waals surface area contributed by atoms with Crippen molar-refractivity contribution in [2.45, 2.75) is 32.7 Å². The molecule has 0 radical (unpaired) electrons. The van der Waals surface area contributed by atoms with Crippen LogP contribution >= 0.6 is 11.3 Å². The van der Waals surface area contributed by atoms with Crippen molar-refractivity contribution in [3.05, 3.63) is 57.3 Å². The Morgan fingerprint density at radius 2 is 2.00 bits per heavy atom. The summed E-state index contributed by atoms with van der Waals surface area (Å²) in [5.41, 5.74) is 2.96. The van der Waals surface area contributed by atoms with Crippen LogP contribution in [0.5, 0.6) is 0 Å². The SMILES string of the molecule is CC[C@@H]1c2ccsc2CCN1C(=O)CNC(=O)c1ccc(C)cc1. The van der Waals surface area contributed by atoms with Gasteiger partial charge in [0.05, 0.1) is 12.6 Å². The van der Waals surface area contributed by atoms with E-state index >= 15 is 0 Å². The lowest BCUT2D eigenvalue weighted by Crippen LogP contribution is -2.44. The van der Waals surface area contributed by atoms with Gasteiger partial charge in [-0.05, 0) is 48.9 Å². The van der Waals surface area contributed by atoms with Crippen LogP contribution in [0.4, 0.5) is 0 Å². The average Bonchev–Trinajstić information content (AvgIpc) is 3.07. The lowest BCUT2D eigenvalue weighted by Gasteiger charge is -2.35. The maximum atomic E-state index is 12.6. The van der Waals surface area contributed by atoms with E-state index in [2.05, 4.69) is 23.7 Å². The monoisotopic (exact) mass is 342 g/mol. The summed E-state index contributed by atoms with van der Waals surface area (Å²) in [4.78, 5) is 28.1. The molecule has 2 aromatic rings. The summed E-state index contributed by atoms with van der Waals surface area (Å²) in [6.07, 6.45) is 1.79. The average molecular weight is 342 g/mol. The number of nitrogens with one attached hydrogen (secondary N) is 1. The highest BCUT2D eigenvalue weighted by Gasteiger charge is 2.30. The van der Waals surface area contributed by atoms with Gasteiger partial charge in [-0.2, -0.15) is 0 Å². The molecule has 2 heterocycles. The highest BCUT2D eigenvalue weighted by molar-refractivity contribution is 7.10. The summed E-state index contributed by atoms with van der Waals surface area (Å²) in [6, 6.07) is 9.60. The molecule has 0 saturated heterocycles. The Morgan fingerprint density at radius 1 is 1.25 bits per heavy atom. The molecule has 24 heavy (non-hydrogen) atoms. The van der Waals surface area contributed by atoms with Crippen molar-refractivity contribution in [2.75, 3.05) is 13.1 Å². The van der Waals surface area contributed by atoms with Gasteiger partial charge in [0, 0.05) is 17.0 Å². The number of carbonyl (C=O) groups excluding carboxylic acids is 2. The second kappa shape index (κ2) is 7.18. The molecule has 4 nitrogen and oxygen atoms in total. The largest absolute Gasteiger partial charge is 0.343 e. The third-order valence-electron chi connectivity index (χ3n) is 4.52. The summed E-state index contributed by atoms with van der Waals surface area (Å²) in [5, 5.41) is 4.85. The van der Waals surface area contributed by atoms with E-state index in [9.17, 15) is 9.59 Å². The molecule has 1 atom stereocenters. The zero-order valence-electron chi connectivity index (χ0n) is 14.0. The quantitative estimate of drug-likeness (QED) is 0.926. The molecule has 0 unspecified atom stereocenters. The van der Waals surface area contributed by atoms with E-state index in [1.165, 1.54) is 10.4 Å². The molecule has 0 fully saturated rings. The van der Waals surface area contributed by atoms with Crippen molar-refractivity contribution < 1.29 is 9.59 Å². The highest BCUT2D eigenvalue weighted by Crippen LogP contribution is 2.35. The molecule has 2 amide bonds. The summed E-state index contributed by atoms with van der Waals surface area (Å²) in [6.45, 7) is 4.85. The molecule has 3 rings (SSSR count). The number of carbonyl (C=O) groups is 2. The number of nitrogens with zero attached hydrogens (tertiary/aromatic N) is 1. The molecule has 0 aliphatic carbocycles. The number of rotatable bonds is 4. The molecule has 1 N–H and O–H groups in total. The number of hydrogen-bond acceptors (Lipinski definition) is 3. The zero-order valence-corrected chi connectivity index (χ0v) is 14.9. The molecule has 1 aromatic heterocycles. The Hall–Kier alpha value is -2.14. The van der Waals surface area contributed by atoms with Crippen LogP contribution in [0.1, 0.15) is 45.7 Å². The molecule has 1 aromatic carbocycles. The molecule has 1 aliphatic rings. The first-order valence-electron chi connectivity index (χ1n) is 8.30. The van der Waals surface area contributed by atoms with Gasteiger partial charge in [-0.15, -0.1) is 11.3 Å². The van der Waals surface area contributed by atoms with E-state index in [0.717, 1.165) is 24.9 Å².